The number of anilines is 1. The Morgan fingerprint density at radius 1 is 0.933 bits per heavy atom. The summed E-state index contributed by atoms with van der Waals surface area (Å²) >= 11 is 0. The van der Waals surface area contributed by atoms with Crippen LogP contribution >= 0.6 is 0 Å². The predicted molar refractivity (Wildman–Crippen MR) is 114 cm³/mol. The molecule has 1 radical (unpaired) electrons. The van der Waals surface area contributed by atoms with E-state index in [1.165, 1.54) is 12.1 Å². The molecule has 2 nitrogen and oxygen atoms in total. The van der Waals surface area contributed by atoms with Crippen molar-refractivity contribution in [2.24, 2.45) is 0 Å². The SMILES string of the molecule is Cc1ccc(C(=O)Nc2cc[c]c(C(C)(C)C)c2)c(-c2ccc(C(F)(F)F)cc2)c1. The van der Waals surface area contributed by atoms with Crippen molar-refractivity contribution >= 4 is 11.6 Å². The fourth-order valence-corrected chi connectivity index (χ4v) is 3.11. The zero-order valence-electron chi connectivity index (χ0n) is 17.3. The van der Waals surface area contributed by atoms with Crippen molar-refractivity contribution in [3.05, 3.63) is 89.0 Å². The molecule has 0 saturated heterocycles. The van der Waals surface area contributed by atoms with E-state index in [4.69, 9.17) is 0 Å². The van der Waals surface area contributed by atoms with Crippen LogP contribution in [0.1, 0.15) is 47.8 Å². The normalized spacial score (nSPS) is 12.0. The highest BCUT2D eigenvalue weighted by Crippen LogP contribution is 2.32. The Bertz CT molecular complexity index is 1060. The number of hydrogen-bond donors (Lipinski definition) is 1. The zero-order chi connectivity index (χ0) is 22.1. The molecule has 3 aromatic carbocycles. The molecule has 1 amide bonds. The van der Waals surface area contributed by atoms with E-state index in [2.05, 4.69) is 32.2 Å². The lowest BCUT2D eigenvalue weighted by molar-refractivity contribution is -0.137. The molecule has 0 heterocycles. The van der Waals surface area contributed by atoms with E-state index in [9.17, 15) is 18.0 Å². The molecule has 1 N–H and O–H groups in total. The minimum atomic E-state index is -4.40. The molecular formula is C25H23F3NO. The van der Waals surface area contributed by atoms with E-state index < -0.39 is 11.7 Å². The zero-order valence-corrected chi connectivity index (χ0v) is 17.3. The number of halogens is 3. The first-order valence-corrected chi connectivity index (χ1v) is 9.57. The van der Waals surface area contributed by atoms with Crippen molar-refractivity contribution in [1.82, 2.24) is 0 Å². The Labute approximate surface area is 174 Å². The van der Waals surface area contributed by atoms with Gasteiger partial charge in [-0.15, -0.1) is 0 Å². The highest BCUT2D eigenvalue weighted by atomic mass is 19.4. The molecule has 155 valence electrons. The number of alkyl halides is 3. The average molecular weight is 410 g/mol. The molecule has 0 atom stereocenters. The van der Waals surface area contributed by atoms with E-state index in [1.54, 1.807) is 24.3 Å². The Morgan fingerprint density at radius 3 is 2.20 bits per heavy atom. The molecule has 0 unspecified atom stereocenters. The third kappa shape index (κ3) is 4.90. The van der Waals surface area contributed by atoms with Gasteiger partial charge in [-0.25, -0.2) is 0 Å². The number of benzene rings is 3. The maximum Gasteiger partial charge on any atom is 0.416 e. The molecule has 0 aliphatic heterocycles. The van der Waals surface area contributed by atoms with Crippen LogP contribution in [0.5, 0.6) is 0 Å². The number of aryl methyl sites for hydroxylation is 1. The van der Waals surface area contributed by atoms with Crippen LogP contribution in [0.4, 0.5) is 18.9 Å². The second-order valence-corrected chi connectivity index (χ2v) is 8.32. The van der Waals surface area contributed by atoms with E-state index in [1.807, 2.05) is 19.1 Å². The first kappa shape index (κ1) is 21.6. The van der Waals surface area contributed by atoms with Gasteiger partial charge in [-0.1, -0.05) is 56.7 Å². The van der Waals surface area contributed by atoms with Crippen molar-refractivity contribution in [3.63, 3.8) is 0 Å². The van der Waals surface area contributed by atoms with Crippen LogP contribution in [-0.4, -0.2) is 5.91 Å². The first-order chi connectivity index (χ1) is 13.9. The van der Waals surface area contributed by atoms with Gasteiger partial charge in [0.25, 0.3) is 5.91 Å². The fraction of sp³-hybridized carbons (Fsp3) is 0.240. The van der Waals surface area contributed by atoms with Crippen molar-refractivity contribution < 1.29 is 18.0 Å². The van der Waals surface area contributed by atoms with E-state index >= 15 is 0 Å². The second-order valence-electron chi connectivity index (χ2n) is 8.32. The molecule has 0 bridgehead atoms. The molecule has 3 aromatic rings. The summed E-state index contributed by atoms with van der Waals surface area (Å²) in [6, 6.07) is 18.7. The lowest BCUT2D eigenvalue weighted by atomic mass is 9.87. The van der Waals surface area contributed by atoms with Crippen LogP contribution in [0.25, 0.3) is 11.1 Å². The number of amides is 1. The summed E-state index contributed by atoms with van der Waals surface area (Å²) in [7, 11) is 0. The van der Waals surface area contributed by atoms with Gasteiger partial charge in [0.15, 0.2) is 0 Å². The van der Waals surface area contributed by atoms with Gasteiger partial charge < -0.3 is 5.32 Å². The average Bonchev–Trinajstić information content (AvgIpc) is 2.67. The van der Waals surface area contributed by atoms with Gasteiger partial charge in [0.2, 0.25) is 0 Å². The third-order valence-corrected chi connectivity index (χ3v) is 4.81. The molecule has 5 heteroatoms. The summed E-state index contributed by atoms with van der Waals surface area (Å²) in [5.74, 6) is -0.323. The minimum absolute atomic E-state index is 0.115. The van der Waals surface area contributed by atoms with Gasteiger partial charge in [0, 0.05) is 11.3 Å². The van der Waals surface area contributed by atoms with Gasteiger partial charge in [-0.3, -0.25) is 4.79 Å². The van der Waals surface area contributed by atoms with Crippen molar-refractivity contribution in [2.45, 2.75) is 39.3 Å². The Balaban J connectivity index is 1.95. The van der Waals surface area contributed by atoms with Crippen LogP contribution in [0.15, 0.2) is 60.7 Å². The molecule has 0 fully saturated rings. The summed E-state index contributed by atoms with van der Waals surface area (Å²) in [4.78, 5) is 13.0. The maximum atomic E-state index is 13.0. The summed E-state index contributed by atoms with van der Waals surface area (Å²) in [5.41, 5.74) is 3.20. The molecule has 0 spiro atoms. The topological polar surface area (TPSA) is 29.1 Å². The summed E-state index contributed by atoms with van der Waals surface area (Å²) in [6.07, 6.45) is -4.40. The second kappa shape index (κ2) is 7.98. The van der Waals surface area contributed by atoms with Gasteiger partial charge in [-0.2, -0.15) is 13.2 Å². The highest BCUT2D eigenvalue weighted by Gasteiger charge is 2.30. The molecule has 30 heavy (non-hydrogen) atoms. The van der Waals surface area contributed by atoms with E-state index in [0.29, 0.717) is 22.4 Å². The van der Waals surface area contributed by atoms with Crippen LogP contribution in [-0.2, 0) is 11.6 Å². The standard InChI is InChI=1S/C25H23F3NO/c1-16-8-13-21(22(14-16)17-9-11-18(12-10-17)25(26,27)28)23(30)29-20-7-5-6-19(15-20)24(2,3)4/h5,7-15H,1-4H3,(H,29,30). The van der Waals surface area contributed by atoms with E-state index in [0.717, 1.165) is 23.3 Å². The summed E-state index contributed by atoms with van der Waals surface area (Å²) in [6.45, 7) is 8.06. The Kier molecular flexibility index (Phi) is 5.75. The van der Waals surface area contributed by atoms with Crippen molar-refractivity contribution in [2.75, 3.05) is 5.32 Å². The Hall–Kier alpha value is -3.08. The number of hydrogen-bond acceptors (Lipinski definition) is 1. The first-order valence-electron chi connectivity index (χ1n) is 9.57. The predicted octanol–water partition coefficient (Wildman–Crippen LogP) is 7.03. The van der Waals surface area contributed by atoms with Gasteiger partial charge >= 0.3 is 6.18 Å². The summed E-state index contributed by atoms with van der Waals surface area (Å²) in [5, 5.41) is 2.90. The van der Waals surface area contributed by atoms with Gasteiger partial charge in [0.1, 0.15) is 0 Å². The van der Waals surface area contributed by atoms with Crippen LogP contribution < -0.4 is 5.32 Å². The number of nitrogens with one attached hydrogen (secondary N) is 1. The molecule has 0 aromatic heterocycles. The van der Waals surface area contributed by atoms with Crippen LogP contribution in [0.3, 0.4) is 0 Å². The quantitative estimate of drug-likeness (QED) is 0.493. The third-order valence-electron chi connectivity index (χ3n) is 4.81. The van der Waals surface area contributed by atoms with Gasteiger partial charge in [-0.05, 0) is 65.4 Å². The number of carbonyl (C=O) groups excluding carboxylic acids is 1. The molecular weight excluding hydrogens is 387 g/mol. The minimum Gasteiger partial charge on any atom is -0.322 e. The van der Waals surface area contributed by atoms with E-state index in [-0.39, 0.29) is 11.3 Å². The van der Waals surface area contributed by atoms with Gasteiger partial charge in [0.05, 0.1) is 5.56 Å². The number of rotatable bonds is 3. The van der Waals surface area contributed by atoms with Crippen LogP contribution in [0.2, 0.25) is 0 Å². The summed E-state index contributed by atoms with van der Waals surface area (Å²) < 4.78 is 38.7. The molecule has 0 saturated carbocycles. The smallest absolute Gasteiger partial charge is 0.322 e. The number of carbonyl (C=O) groups is 1. The highest BCUT2D eigenvalue weighted by molar-refractivity contribution is 6.08. The lowest BCUT2D eigenvalue weighted by Crippen LogP contribution is -2.15. The monoisotopic (exact) mass is 410 g/mol. The van der Waals surface area contributed by atoms with Crippen LogP contribution in [0, 0.1) is 13.0 Å². The Morgan fingerprint density at radius 2 is 1.60 bits per heavy atom. The molecule has 3 rings (SSSR count). The molecule has 0 aliphatic carbocycles. The lowest BCUT2D eigenvalue weighted by Gasteiger charge is -2.19. The fourth-order valence-electron chi connectivity index (χ4n) is 3.11. The van der Waals surface area contributed by atoms with Crippen molar-refractivity contribution in [3.8, 4) is 11.1 Å². The maximum absolute atomic E-state index is 13.0. The molecule has 0 aliphatic rings. The largest absolute Gasteiger partial charge is 0.416 e. The van der Waals surface area contributed by atoms with Crippen molar-refractivity contribution in [1.29, 1.82) is 0 Å².